The van der Waals surface area contributed by atoms with Crippen molar-refractivity contribution in [2.45, 2.75) is 33.1 Å². The molecular weight excluding hydrogens is 708 g/mol. The Hall–Kier alpha value is -3.02. The number of carbonyl (C=O) groups excluding carboxylic acids is 1. The van der Waals surface area contributed by atoms with E-state index in [1.807, 2.05) is 57.2 Å². The molecule has 208 valence electrons. The molecule has 4 rings (SSSR count). The number of anilines is 1. The van der Waals surface area contributed by atoms with Crippen LogP contribution in [0.4, 0.5) is 5.69 Å². The predicted molar refractivity (Wildman–Crippen MR) is 169 cm³/mol. The van der Waals surface area contributed by atoms with Crippen LogP contribution >= 0.6 is 47.8 Å². The fourth-order valence-corrected chi connectivity index (χ4v) is 5.22. The molecule has 0 aliphatic carbocycles. The van der Waals surface area contributed by atoms with Gasteiger partial charge in [-0.25, -0.2) is 4.98 Å². The number of benzene rings is 3. The van der Waals surface area contributed by atoms with Crippen molar-refractivity contribution in [1.29, 1.82) is 0 Å². The molecule has 1 N–H and O–H groups in total. The number of para-hydroxylation sites is 1. The van der Waals surface area contributed by atoms with Crippen molar-refractivity contribution >= 4 is 76.5 Å². The number of nitrogens with zero attached hydrogens (tertiary/aromatic N) is 3. The first-order valence-electron chi connectivity index (χ1n) is 12.4. The third-order valence-electron chi connectivity index (χ3n) is 6.34. The first-order chi connectivity index (χ1) is 19.1. The highest BCUT2D eigenvalue weighted by atomic mass is 79.9. The van der Waals surface area contributed by atoms with Gasteiger partial charge < -0.3 is 14.8 Å². The summed E-state index contributed by atoms with van der Waals surface area (Å²) in [5, 5.41) is 7.86. The van der Waals surface area contributed by atoms with E-state index < -0.39 is 0 Å². The number of aryl methyl sites for hydroxylation is 1. The van der Waals surface area contributed by atoms with Gasteiger partial charge in [0.15, 0.2) is 18.1 Å². The minimum Gasteiger partial charge on any atom is -0.493 e. The highest BCUT2D eigenvalue weighted by Crippen LogP contribution is 2.42. The van der Waals surface area contributed by atoms with E-state index in [-0.39, 0.29) is 24.0 Å². The lowest BCUT2D eigenvalue weighted by atomic mass is 10.1. The van der Waals surface area contributed by atoms with Gasteiger partial charge in [0.2, 0.25) is 0 Å². The lowest BCUT2D eigenvalue weighted by Gasteiger charge is -2.16. The maximum absolute atomic E-state index is 13.5. The molecule has 40 heavy (non-hydrogen) atoms. The number of amides is 1. The number of aromatic nitrogens is 2. The monoisotopic (exact) mass is 732 g/mol. The molecule has 1 atom stereocenters. The molecule has 0 saturated heterocycles. The molecule has 11 heteroatoms. The maximum atomic E-state index is 13.5. The van der Waals surface area contributed by atoms with Gasteiger partial charge in [0.05, 0.1) is 28.7 Å². The Labute approximate surface area is 257 Å². The van der Waals surface area contributed by atoms with Crippen LogP contribution in [0.25, 0.3) is 10.9 Å². The van der Waals surface area contributed by atoms with E-state index in [1.54, 1.807) is 18.3 Å². The number of hydrogen-bond acceptors (Lipinski definition) is 6. The molecule has 1 heterocycles. The summed E-state index contributed by atoms with van der Waals surface area (Å²) in [7, 11) is 1.51. The van der Waals surface area contributed by atoms with Crippen LogP contribution in [0.3, 0.4) is 0 Å². The van der Waals surface area contributed by atoms with Crippen molar-refractivity contribution in [3.63, 3.8) is 0 Å². The topological polar surface area (TPSA) is 94.8 Å². The average molecular weight is 735 g/mol. The van der Waals surface area contributed by atoms with Crippen LogP contribution in [0.1, 0.15) is 43.1 Å². The molecule has 0 unspecified atom stereocenters. The molecule has 0 aliphatic heterocycles. The molecule has 3 aromatic carbocycles. The molecular formula is C29H27Br3N4O4. The van der Waals surface area contributed by atoms with Crippen LogP contribution in [-0.2, 0) is 4.79 Å². The van der Waals surface area contributed by atoms with Crippen LogP contribution in [-0.4, -0.2) is 35.5 Å². The van der Waals surface area contributed by atoms with Crippen molar-refractivity contribution in [2.75, 3.05) is 19.0 Å². The van der Waals surface area contributed by atoms with E-state index in [0.717, 1.165) is 22.1 Å². The Morgan fingerprint density at radius 2 is 1.90 bits per heavy atom. The Kier molecular flexibility index (Phi) is 9.81. The van der Waals surface area contributed by atoms with Gasteiger partial charge in [-0.2, -0.15) is 9.78 Å². The summed E-state index contributed by atoms with van der Waals surface area (Å²) in [6.45, 7) is 5.74. The van der Waals surface area contributed by atoms with Gasteiger partial charge in [-0.15, -0.1) is 0 Å². The Morgan fingerprint density at radius 1 is 1.15 bits per heavy atom. The van der Waals surface area contributed by atoms with Crippen molar-refractivity contribution in [3.05, 3.63) is 89.3 Å². The van der Waals surface area contributed by atoms with Crippen LogP contribution < -0.4 is 20.3 Å². The maximum Gasteiger partial charge on any atom is 0.282 e. The molecule has 0 bridgehead atoms. The fourth-order valence-electron chi connectivity index (χ4n) is 3.92. The molecule has 0 radical (unpaired) electrons. The third-order valence-corrected chi connectivity index (χ3v) is 8.98. The summed E-state index contributed by atoms with van der Waals surface area (Å²) in [6, 6.07) is 14.6. The SMILES string of the molecule is CC[C@H](C)c1nc2ccc(Br)cc2c(=O)n1N=Cc1cc(OC)c(OCC(=O)Nc2ccccc2C)c(Br)c1Br. The van der Waals surface area contributed by atoms with E-state index in [4.69, 9.17) is 14.5 Å². The Morgan fingerprint density at radius 3 is 2.60 bits per heavy atom. The van der Waals surface area contributed by atoms with Crippen molar-refractivity contribution in [2.24, 2.45) is 5.10 Å². The summed E-state index contributed by atoms with van der Waals surface area (Å²) >= 11 is 10.6. The van der Waals surface area contributed by atoms with E-state index in [9.17, 15) is 9.59 Å². The highest BCUT2D eigenvalue weighted by Gasteiger charge is 2.19. The molecule has 8 nitrogen and oxygen atoms in total. The Bertz CT molecular complexity index is 1670. The second-order valence-electron chi connectivity index (χ2n) is 9.08. The molecule has 1 amide bonds. The van der Waals surface area contributed by atoms with E-state index >= 15 is 0 Å². The molecule has 1 aromatic heterocycles. The van der Waals surface area contributed by atoms with E-state index in [1.165, 1.54) is 11.8 Å². The predicted octanol–water partition coefficient (Wildman–Crippen LogP) is 7.41. The van der Waals surface area contributed by atoms with Gasteiger partial charge in [-0.3, -0.25) is 9.59 Å². The van der Waals surface area contributed by atoms with Crippen LogP contribution in [0, 0.1) is 6.92 Å². The number of halogens is 3. The summed E-state index contributed by atoms with van der Waals surface area (Å²) in [4.78, 5) is 30.8. The quantitative estimate of drug-likeness (QED) is 0.181. The normalized spacial score (nSPS) is 12.1. The number of hydrogen-bond donors (Lipinski definition) is 1. The first kappa shape index (κ1) is 30.0. The number of ether oxygens (including phenoxy) is 2. The van der Waals surface area contributed by atoms with Crippen molar-refractivity contribution in [3.8, 4) is 11.5 Å². The minimum absolute atomic E-state index is 0.00389. The first-order valence-corrected chi connectivity index (χ1v) is 14.8. The highest BCUT2D eigenvalue weighted by molar-refractivity contribution is 9.13. The smallest absolute Gasteiger partial charge is 0.282 e. The zero-order chi connectivity index (χ0) is 29.0. The summed E-state index contributed by atoms with van der Waals surface area (Å²) in [6.07, 6.45) is 2.35. The molecule has 0 aliphatic rings. The Balaban J connectivity index is 1.66. The van der Waals surface area contributed by atoms with Gasteiger partial charge in [0, 0.05) is 26.1 Å². The lowest BCUT2D eigenvalue weighted by molar-refractivity contribution is -0.118. The number of carbonyl (C=O) groups is 1. The fraction of sp³-hybridized carbons (Fsp3) is 0.241. The molecule has 0 saturated carbocycles. The van der Waals surface area contributed by atoms with Gasteiger partial charge in [-0.1, -0.05) is 48.0 Å². The van der Waals surface area contributed by atoms with Crippen molar-refractivity contribution < 1.29 is 14.3 Å². The second-order valence-corrected chi connectivity index (χ2v) is 11.6. The van der Waals surface area contributed by atoms with Gasteiger partial charge in [0.1, 0.15) is 5.82 Å². The average Bonchev–Trinajstić information content (AvgIpc) is 2.94. The second kappa shape index (κ2) is 13.1. The van der Waals surface area contributed by atoms with Gasteiger partial charge in [-0.05, 0) is 81.1 Å². The number of fused-ring (bicyclic) bond motifs is 1. The summed E-state index contributed by atoms with van der Waals surface area (Å²) < 4.78 is 14.7. The lowest BCUT2D eigenvalue weighted by Crippen LogP contribution is -2.23. The summed E-state index contributed by atoms with van der Waals surface area (Å²) in [5.41, 5.74) is 2.65. The van der Waals surface area contributed by atoms with Crippen molar-refractivity contribution in [1.82, 2.24) is 9.66 Å². The molecule has 4 aromatic rings. The van der Waals surface area contributed by atoms with Gasteiger partial charge in [0.25, 0.3) is 11.5 Å². The van der Waals surface area contributed by atoms with E-state index in [2.05, 4.69) is 58.2 Å². The van der Waals surface area contributed by atoms with Gasteiger partial charge >= 0.3 is 0 Å². The summed E-state index contributed by atoms with van der Waals surface area (Å²) in [5.74, 6) is 0.998. The number of nitrogens with one attached hydrogen (secondary N) is 1. The minimum atomic E-state index is -0.308. The zero-order valence-corrected chi connectivity index (χ0v) is 27.1. The van der Waals surface area contributed by atoms with Crippen LogP contribution in [0.15, 0.2) is 71.8 Å². The largest absolute Gasteiger partial charge is 0.493 e. The zero-order valence-electron chi connectivity index (χ0n) is 22.3. The molecule has 0 fully saturated rings. The van der Waals surface area contributed by atoms with E-state index in [0.29, 0.717) is 42.7 Å². The third kappa shape index (κ3) is 6.47. The molecule has 0 spiro atoms. The number of rotatable bonds is 9. The van der Waals surface area contributed by atoms with Crippen LogP contribution in [0.5, 0.6) is 11.5 Å². The standard InChI is InChI=1S/C29H27Br3N4O4/c1-5-16(2)28-35-22-11-10-19(30)13-20(22)29(38)36(28)33-14-18-12-23(39-4)27(26(32)25(18)31)40-15-24(37)34-21-9-7-6-8-17(21)3/h6-14,16H,5,15H2,1-4H3,(H,34,37)/t16-/m0/s1. The number of methoxy groups -OCH3 is 1. The van der Waals surface area contributed by atoms with Crippen LogP contribution in [0.2, 0.25) is 0 Å².